The molecule has 0 aliphatic heterocycles. The third-order valence-electron chi connectivity index (χ3n) is 3.40. The van der Waals surface area contributed by atoms with Gasteiger partial charge in [0.1, 0.15) is 5.69 Å². The van der Waals surface area contributed by atoms with E-state index in [2.05, 4.69) is 84.3 Å². The summed E-state index contributed by atoms with van der Waals surface area (Å²) in [6.07, 6.45) is 4.33. The van der Waals surface area contributed by atoms with E-state index in [9.17, 15) is 0 Å². The first-order valence-corrected chi connectivity index (χ1v) is 6.45. The first-order valence-electron chi connectivity index (χ1n) is 6.45. The number of nitrogens with zero attached hydrogens (tertiary/aromatic N) is 2. The summed E-state index contributed by atoms with van der Waals surface area (Å²) >= 11 is 0. The lowest BCUT2D eigenvalue weighted by Crippen LogP contribution is -2.36. The second kappa shape index (κ2) is 4.73. The van der Waals surface area contributed by atoms with Crippen LogP contribution in [0.5, 0.6) is 0 Å². The van der Waals surface area contributed by atoms with Gasteiger partial charge in [-0.05, 0) is 24.1 Å². The minimum absolute atomic E-state index is 1.21. The zero-order valence-corrected chi connectivity index (χ0v) is 11.2. The molecule has 0 amide bonds. The fraction of sp³-hybridized carbons (Fsp3) is 0.118. The lowest BCUT2D eigenvalue weighted by Gasteiger charge is -2.03. The van der Waals surface area contributed by atoms with Crippen molar-refractivity contribution in [3.8, 4) is 16.8 Å². The van der Waals surface area contributed by atoms with Crippen molar-refractivity contribution in [3.05, 3.63) is 72.6 Å². The number of hydrogen-bond donors (Lipinski definition) is 0. The number of rotatable bonds is 2. The highest BCUT2D eigenvalue weighted by Gasteiger charge is 2.13. The van der Waals surface area contributed by atoms with Crippen LogP contribution in [0.3, 0.4) is 0 Å². The Balaban J connectivity index is 2.11. The minimum atomic E-state index is 1.21. The van der Waals surface area contributed by atoms with Crippen molar-refractivity contribution in [1.29, 1.82) is 0 Å². The highest BCUT2D eigenvalue weighted by Crippen LogP contribution is 2.19. The minimum Gasteiger partial charge on any atom is -0.128 e. The molecule has 0 aliphatic carbocycles. The van der Waals surface area contributed by atoms with E-state index in [-0.39, 0.29) is 0 Å². The Labute approximate surface area is 113 Å². The zero-order chi connectivity index (χ0) is 13.2. The van der Waals surface area contributed by atoms with Gasteiger partial charge in [0.05, 0.1) is 11.8 Å². The van der Waals surface area contributed by atoms with Crippen LogP contribution in [0.15, 0.2) is 67.0 Å². The highest BCUT2D eigenvalue weighted by atomic mass is 15.4. The lowest BCUT2D eigenvalue weighted by atomic mass is 10.1. The molecule has 0 aliphatic rings. The van der Waals surface area contributed by atoms with Crippen molar-refractivity contribution in [2.24, 2.45) is 7.05 Å². The first kappa shape index (κ1) is 11.7. The summed E-state index contributed by atoms with van der Waals surface area (Å²) in [5.74, 6) is 0. The summed E-state index contributed by atoms with van der Waals surface area (Å²) in [5, 5.41) is 0. The summed E-state index contributed by atoms with van der Waals surface area (Å²) in [7, 11) is 2.07. The molecule has 0 spiro atoms. The van der Waals surface area contributed by atoms with Gasteiger partial charge in [-0.3, -0.25) is 0 Å². The maximum atomic E-state index is 2.18. The molecule has 2 nitrogen and oxygen atoms in total. The van der Waals surface area contributed by atoms with Gasteiger partial charge in [-0.2, -0.15) is 0 Å². The third-order valence-corrected chi connectivity index (χ3v) is 3.40. The van der Waals surface area contributed by atoms with Crippen LogP contribution in [-0.2, 0) is 7.05 Å². The third kappa shape index (κ3) is 2.17. The Bertz CT molecular complexity index is 696. The van der Waals surface area contributed by atoms with Crippen LogP contribution in [0.4, 0.5) is 0 Å². The van der Waals surface area contributed by atoms with Gasteiger partial charge in [0, 0.05) is 0 Å². The van der Waals surface area contributed by atoms with Gasteiger partial charge in [0.25, 0.3) is 0 Å². The molecule has 0 fully saturated rings. The molecule has 0 saturated heterocycles. The van der Waals surface area contributed by atoms with E-state index in [0.29, 0.717) is 0 Å². The standard InChI is InChI=1S/C17H17N2/c1-14-8-6-7-11-17(14)19-13-16(12-18(19)2)15-9-4-3-5-10-15/h3-13H,1-2H3/q+1. The van der Waals surface area contributed by atoms with Crippen LogP contribution in [0.2, 0.25) is 0 Å². The van der Waals surface area contributed by atoms with Gasteiger partial charge in [-0.15, -0.1) is 9.36 Å². The summed E-state index contributed by atoms with van der Waals surface area (Å²) in [6.45, 7) is 2.14. The monoisotopic (exact) mass is 249 g/mol. The van der Waals surface area contributed by atoms with E-state index in [1.165, 1.54) is 22.4 Å². The van der Waals surface area contributed by atoms with E-state index in [0.717, 1.165) is 0 Å². The lowest BCUT2D eigenvalue weighted by molar-refractivity contribution is -0.744. The largest absolute Gasteiger partial charge is 0.203 e. The maximum absolute atomic E-state index is 2.18. The smallest absolute Gasteiger partial charge is 0.128 e. The fourth-order valence-corrected chi connectivity index (χ4v) is 2.36. The first-order chi connectivity index (χ1) is 9.25. The molecule has 94 valence electrons. The Morgan fingerprint density at radius 2 is 1.53 bits per heavy atom. The van der Waals surface area contributed by atoms with Crippen LogP contribution in [0.1, 0.15) is 5.56 Å². The average Bonchev–Trinajstić information content (AvgIpc) is 2.82. The fourth-order valence-electron chi connectivity index (χ4n) is 2.36. The SMILES string of the molecule is Cc1ccccc1-n1cc(-c2ccccc2)c[n+]1C. The maximum Gasteiger partial charge on any atom is 0.203 e. The molecule has 3 rings (SSSR count). The van der Waals surface area contributed by atoms with Gasteiger partial charge >= 0.3 is 0 Å². The van der Waals surface area contributed by atoms with Gasteiger partial charge in [0.2, 0.25) is 6.20 Å². The van der Waals surface area contributed by atoms with Crippen molar-refractivity contribution < 1.29 is 4.68 Å². The Kier molecular flexibility index (Phi) is 2.92. The molecule has 3 aromatic rings. The Morgan fingerprint density at radius 3 is 2.26 bits per heavy atom. The molecular weight excluding hydrogens is 232 g/mol. The van der Waals surface area contributed by atoms with Crippen molar-refractivity contribution in [3.63, 3.8) is 0 Å². The molecule has 2 heteroatoms. The molecule has 0 atom stereocenters. The van der Waals surface area contributed by atoms with E-state index >= 15 is 0 Å². The van der Waals surface area contributed by atoms with Crippen molar-refractivity contribution in [2.45, 2.75) is 6.92 Å². The predicted octanol–water partition coefficient (Wildman–Crippen LogP) is 3.28. The molecule has 0 bridgehead atoms. The van der Waals surface area contributed by atoms with Gasteiger partial charge in [-0.1, -0.05) is 48.5 Å². The Morgan fingerprint density at radius 1 is 0.842 bits per heavy atom. The molecule has 0 N–H and O–H groups in total. The van der Waals surface area contributed by atoms with E-state index < -0.39 is 0 Å². The van der Waals surface area contributed by atoms with Crippen molar-refractivity contribution in [1.82, 2.24) is 4.68 Å². The predicted molar refractivity (Wildman–Crippen MR) is 77.1 cm³/mol. The average molecular weight is 249 g/mol. The number of aryl methyl sites for hydroxylation is 2. The summed E-state index contributed by atoms with van der Waals surface area (Å²) in [6, 6.07) is 18.9. The quantitative estimate of drug-likeness (QED) is 0.616. The molecule has 0 unspecified atom stereocenters. The zero-order valence-electron chi connectivity index (χ0n) is 11.2. The molecule has 0 radical (unpaired) electrons. The van der Waals surface area contributed by atoms with E-state index in [1.807, 2.05) is 6.07 Å². The van der Waals surface area contributed by atoms with E-state index in [1.54, 1.807) is 0 Å². The van der Waals surface area contributed by atoms with Gasteiger partial charge < -0.3 is 0 Å². The molecule has 0 saturated carbocycles. The van der Waals surface area contributed by atoms with E-state index in [4.69, 9.17) is 0 Å². The van der Waals surface area contributed by atoms with Crippen LogP contribution in [0.25, 0.3) is 16.8 Å². The molecule has 1 aromatic heterocycles. The topological polar surface area (TPSA) is 8.81 Å². The Hall–Kier alpha value is -2.35. The van der Waals surface area contributed by atoms with Crippen LogP contribution in [0, 0.1) is 6.92 Å². The van der Waals surface area contributed by atoms with Gasteiger partial charge in [-0.25, -0.2) is 0 Å². The second-order valence-corrected chi connectivity index (χ2v) is 4.78. The molecule has 1 heterocycles. The summed E-state index contributed by atoms with van der Waals surface area (Å²) in [5.41, 5.74) is 4.96. The molecule has 2 aromatic carbocycles. The second-order valence-electron chi connectivity index (χ2n) is 4.78. The van der Waals surface area contributed by atoms with Crippen LogP contribution < -0.4 is 4.68 Å². The number of benzene rings is 2. The normalized spacial score (nSPS) is 10.6. The number of hydrogen-bond acceptors (Lipinski definition) is 0. The van der Waals surface area contributed by atoms with Crippen LogP contribution in [-0.4, -0.2) is 4.68 Å². The van der Waals surface area contributed by atoms with Crippen molar-refractivity contribution >= 4 is 0 Å². The highest BCUT2D eigenvalue weighted by molar-refractivity contribution is 5.61. The summed E-state index contributed by atoms with van der Waals surface area (Å²) in [4.78, 5) is 0. The van der Waals surface area contributed by atoms with Crippen LogP contribution >= 0.6 is 0 Å². The van der Waals surface area contributed by atoms with Gasteiger partial charge in [0.15, 0.2) is 7.05 Å². The number of para-hydroxylation sites is 1. The number of aromatic nitrogens is 2. The summed E-state index contributed by atoms with van der Waals surface area (Å²) < 4.78 is 4.29. The molecular formula is C17H17N2+. The van der Waals surface area contributed by atoms with Crippen molar-refractivity contribution in [2.75, 3.05) is 0 Å². The molecule has 19 heavy (non-hydrogen) atoms.